The molecule has 9 heteroatoms. The molecule has 3 aliphatic heterocycles. The molecule has 3 aliphatic rings. The van der Waals surface area contributed by atoms with Crippen LogP contribution in [0.5, 0.6) is 0 Å². The zero-order valence-corrected chi connectivity index (χ0v) is 28.1. The Kier molecular flexibility index (Phi) is 9.83. The van der Waals surface area contributed by atoms with Crippen LogP contribution in [0.15, 0.2) is 73.8 Å². The van der Waals surface area contributed by atoms with E-state index in [-0.39, 0.29) is 36.8 Å². The van der Waals surface area contributed by atoms with E-state index < -0.39 is 35.1 Å². The molecule has 0 aliphatic carbocycles. The quantitative estimate of drug-likeness (QED) is 0.302. The number of rotatable bonds is 13. The second-order valence-corrected chi connectivity index (χ2v) is 13.6. The van der Waals surface area contributed by atoms with Gasteiger partial charge in [0.05, 0.1) is 40.8 Å². The number of hydrogen-bond acceptors (Lipinski definition) is 5. The first-order chi connectivity index (χ1) is 22.0. The molecule has 2 bridgehead atoms. The SMILES string of the molecule is C=CCN(CCC)C(=O)[C@@H]1[C@H]2C(=O)N([C@@H](CO)Cc3ccccc3)C(C(=O)N(CC=C)c3c(C)cccc3Cl)C23CC(C)[C@@]1(C)O3. The van der Waals surface area contributed by atoms with Gasteiger partial charge >= 0.3 is 0 Å². The number of carbonyl (C=O) groups is 3. The van der Waals surface area contributed by atoms with Crippen molar-refractivity contribution in [3.05, 3.63) is 90.0 Å². The van der Waals surface area contributed by atoms with Crippen LogP contribution in [0.1, 0.15) is 44.7 Å². The van der Waals surface area contributed by atoms with Crippen molar-refractivity contribution in [2.24, 2.45) is 17.8 Å². The Hall–Kier alpha value is -3.46. The number of aliphatic hydroxyl groups excluding tert-OH is 1. The van der Waals surface area contributed by atoms with E-state index >= 15 is 4.79 Å². The molecule has 3 unspecified atom stereocenters. The summed E-state index contributed by atoms with van der Waals surface area (Å²) >= 11 is 6.73. The van der Waals surface area contributed by atoms with E-state index in [9.17, 15) is 14.7 Å². The van der Waals surface area contributed by atoms with E-state index in [1.807, 2.05) is 70.2 Å². The largest absolute Gasteiger partial charge is 0.394 e. The first kappa shape index (κ1) is 33.9. The van der Waals surface area contributed by atoms with Crippen LogP contribution >= 0.6 is 11.6 Å². The number of para-hydroxylation sites is 1. The molecule has 2 aromatic carbocycles. The van der Waals surface area contributed by atoms with Gasteiger partial charge in [-0.05, 0) is 56.2 Å². The highest BCUT2D eigenvalue weighted by molar-refractivity contribution is 6.34. The molecular weight excluding hydrogens is 602 g/mol. The number of aliphatic hydroxyl groups is 1. The van der Waals surface area contributed by atoms with E-state index in [0.717, 1.165) is 17.5 Å². The Morgan fingerprint density at radius 2 is 1.83 bits per heavy atom. The Balaban J connectivity index is 1.69. The molecule has 0 aromatic heterocycles. The third kappa shape index (κ3) is 5.38. The molecule has 3 amide bonds. The summed E-state index contributed by atoms with van der Waals surface area (Å²) < 4.78 is 7.00. The van der Waals surface area contributed by atoms with Crippen LogP contribution in [-0.4, -0.2) is 82.2 Å². The third-order valence-corrected chi connectivity index (χ3v) is 10.7. The number of nitrogens with zero attached hydrogens (tertiary/aromatic N) is 3. The zero-order valence-electron chi connectivity index (χ0n) is 27.3. The van der Waals surface area contributed by atoms with Gasteiger partial charge in [-0.15, -0.1) is 13.2 Å². The van der Waals surface area contributed by atoms with Gasteiger partial charge in [0.1, 0.15) is 11.6 Å². The molecule has 46 heavy (non-hydrogen) atoms. The number of anilines is 1. The Morgan fingerprint density at radius 3 is 2.43 bits per heavy atom. The van der Waals surface area contributed by atoms with Gasteiger partial charge < -0.3 is 24.5 Å². The van der Waals surface area contributed by atoms with Crippen molar-refractivity contribution < 1.29 is 24.2 Å². The lowest BCUT2D eigenvalue weighted by Crippen LogP contribution is -2.59. The summed E-state index contributed by atoms with van der Waals surface area (Å²) in [4.78, 5) is 49.5. The molecule has 2 aromatic rings. The van der Waals surface area contributed by atoms with Crippen LogP contribution in [0.3, 0.4) is 0 Å². The van der Waals surface area contributed by atoms with Crippen LogP contribution < -0.4 is 4.90 Å². The molecule has 0 saturated carbocycles. The standard InChI is InChI=1S/C37H46ClN3O5/c1-7-18-39(19-8-2)33(43)29-30-34(44)41(27(23-42)21-26-15-11-10-12-16-26)32(37(30)22-25(5)36(29,6)46-37)35(45)40(20-9-3)31-24(4)14-13-17-28(31)38/h7,9-17,25,27,29-30,32,42H,1,3,8,18-23H2,2,4-6H3/t25?,27-,29+,30+,32?,36-,37?/m1/s1. The highest BCUT2D eigenvalue weighted by Crippen LogP contribution is 2.66. The molecule has 0 radical (unpaired) electrons. The van der Waals surface area contributed by atoms with Gasteiger partial charge in [0, 0.05) is 19.6 Å². The van der Waals surface area contributed by atoms with Crippen molar-refractivity contribution in [1.82, 2.24) is 9.80 Å². The number of halogens is 1. The van der Waals surface area contributed by atoms with Crippen LogP contribution in [-0.2, 0) is 25.5 Å². The second kappa shape index (κ2) is 13.3. The maximum absolute atomic E-state index is 15.2. The van der Waals surface area contributed by atoms with Gasteiger partial charge in [-0.1, -0.05) is 80.1 Å². The molecule has 1 N–H and O–H groups in total. The summed E-state index contributed by atoms with van der Waals surface area (Å²) in [6.07, 6.45) is 4.81. The summed E-state index contributed by atoms with van der Waals surface area (Å²) in [5, 5.41) is 11.3. The molecular formula is C37H46ClN3O5. The van der Waals surface area contributed by atoms with E-state index in [2.05, 4.69) is 13.2 Å². The smallest absolute Gasteiger partial charge is 0.253 e. The number of aryl methyl sites for hydroxylation is 1. The van der Waals surface area contributed by atoms with Gasteiger partial charge in [-0.3, -0.25) is 14.4 Å². The van der Waals surface area contributed by atoms with Crippen molar-refractivity contribution in [2.75, 3.05) is 31.1 Å². The number of hydrogen-bond donors (Lipinski definition) is 1. The van der Waals surface area contributed by atoms with Crippen LogP contribution in [0.25, 0.3) is 0 Å². The van der Waals surface area contributed by atoms with Crippen molar-refractivity contribution >= 4 is 35.0 Å². The number of ether oxygens (including phenoxy) is 1. The first-order valence-electron chi connectivity index (χ1n) is 16.2. The van der Waals surface area contributed by atoms with Gasteiger partial charge in [-0.25, -0.2) is 0 Å². The Bertz CT molecular complexity index is 1480. The number of amides is 3. The highest BCUT2D eigenvalue weighted by Gasteiger charge is 2.80. The lowest BCUT2D eigenvalue weighted by atomic mass is 9.62. The fourth-order valence-corrected chi connectivity index (χ4v) is 8.63. The Labute approximate surface area is 277 Å². The third-order valence-electron chi connectivity index (χ3n) is 10.4. The number of benzene rings is 2. The minimum Gasteiger partial charge on any atom is -0.394 e. The average molecular weight is 648 g/mol. The second-order valence-electron chi connectivity index (χ2n) is 13.2. The maximum Gasteiger partial charge on any atom is 0.253 e. The molecule has 246 valence electrons. The van der Waals surface area contributed by atoms with Gasteiger partial charge in [-0.2, -0.15) is 0 Å². The molecule has 5 rings (SSSR count). The van der Waals surface area contributed by atoms with Gasteiger partial charge in [0.2, 0.25) is 11.8 Å². The first-order valence-corrected chi connectivity index (χ1v) is 16.6. The molecule has 8 nitrogen and oxygen atoms in total. The summed E-state index contributed by atoms with van der Waals surface area (Å²) in [5.41, 5.74) is -0.0108. The maximum atomic E-state index is 15.2. The normalized spacial score (nSPS) is 28.6. The average Bonchev–Trinajstić information content (AvgIpc) is 3.55. The summed E-state index contributed by atoms with van der Waals surface area (Å²) in [5.74, 6) is -2.71. The highest BCUT2D eigenvalue weighted by atomic mass is 35.5. The van der Waals surface area contributed by atoms with Crippen LogP contribution in [0.2, 0.25) is 5.02 Å². The fraction of sp³-hybridized carbons (Fsp3) is 0.486. The van der Waals surface area contributed by atoms with Crippen LogP contribution in [0, 0.1) is 24.7 Å². The Morgan fingerprint density at radius 1 is 1.13 bits per heavy atom. The van der Waals surface area contributed by atoms with Crippen molar-refractivity contribution in [3.8, 4) is 0 Å². The number of likely N-dealkylation sites (tertiary alicyclic amines) is 1. The van der Waals surface area contributed by atoms with E-state index in [1.165, 1.54) is 4.90 Å². The van der Waals surface area contributed by atoms with E-state index in [4.69, 9.17) is 16.3 Å². The van der Waals surface area contributed by atoms with E-state index in [0.29, 0.717) is 36.6 Å². The fourth-order valence-electron chi connectivity index (χ4n) is 8.31. The van der Waals surface area contributed by atoms with Gasteiger partial charge in [0.15, 0.2) is 0 Å². The number of carbonyl (C=O) groups excluding carboxylic acids is 3. The summed E-state index contributed by atoms with van der Waals surface area (Å²) in [6, 6.07) is 13.2. The van der Waals surface area contributed by atoms with Crippen molar-refractivity contribution in [3.63, 3.8) is 0 Å². The van der Waals surface area contributed by atoms with Gasteiger partial charge in [0.25, 0.3) is 5.91 Å². The molecule has 3 heterocycles. The van der Waals surface area contributed by atoms with E-state index in [1.54, 1.807) is 28.0 Å². The monoisotopic (exact) mass is 647 g/mol. The molecule has 7 atom stereocenters. The predicted octanol–water partition coefficient (Wildman–Crippen LogP) is 5.21. The van der Waals surface area contributed by atoms with Crippen LogP contribution in [0.4, 0.5) is 5.69 Å². The molecule has 1 spiro atoms. The predicted molar refractivity (Wildman–Crippen MR) is 180 cm³/mol. The van der Waals surface area contributed by atoms with Crippen molar-refractivity contribution in [1.29, 1.82) is 0 Å². The lowest BCUT2D eigenvalue weighted by molar-refractivity contribution is -0.153. The number of fused-ring (bicyclic) bond motifs is 1. The lowest BCUT2D eigenvalue weighted by Gasteiger charge is -2.40. The summed E-state index contributed by atoms with van der Waals surface area (Å²) in [7, 11) is 0. The zero-order chi connectivity index (χ0) is 33.4. The topological polar surface area (TPSA) is 90.4 Å². The van der Waals surface area contributed by atoms with Crippen molar-refractivity contribution in [2.45, 2.75) is 70.2 Å². The molecule has 3 fully saturated rings. The summed E-state index contributed by atoms with van der Waals surface area (Å²) in [6.45, 7) is 16.2. The minimum atomic E-state index is -1.28. The molecule has 3 saturated heterocycles. The minimum absolute atomic E-state index is 0.121.